The van der Waals surface area contributed by atoms with Crippen molar-refractivity contribution in [2.45, 2.75) is 30.9 Å². The van der Waals surface area contributed by atoms with Crippen molar-refractivity contribution in [3.05, 3.63) is 90.5 Å². The second-order valence-electron chi connectivity index (χ2n) is 7.28. The Hall–Kier alpha value is -2.42. The highest BCUT2D eigenvalue weighted by atomic mass is 32.2. The fraction of sp³-hybridized carbons (Fsp3) is 0.217. The molecule has 0 aliphatic heterocycles. The van der Waals surface area contributed by atoms with Crippen LogP contribution in [-0.2, 0) is 10.1 Å². The zero-order valence-corrected chi connectivity index (χ0v) is 19.6. The Balaban J connectivity index is 0.000000259. The lowest BCUT2D eigenvalue weighted by Gasteiger charge is -2.23. The number of hydrogen-bond acceptors (Lipinski definition) is 3. The lowest BCUT2D eigenvalue weighted by Crippen LogP contribution is -2.41. The molecule has 0 spiro atoms. The molecule has 0 amide bonds. The number of aryl methyl sites for hydroxylation is 1. The Morgan fingerprint density at radius 3 is 1.50 bits per heavy atom. The van der Waals surface area contributed by atoms with Crippen LogP contribution in [0.3, 0.4) is 0 Å². The molecule has 34 heavy (non-hydrogen) atoms. The van der Waals surface area contributed by atoms with Crippen LogP contribution < -0.4 is 15.9 Å². The summed E-state index contributed by atoms with van der Waals surface area (Å²) < 4.78 is 99.3. The van der Waals surface area contributed by atoms with Gasteiger partial charge in [0.2, 0.25) is 0 Å². The van der Waals surface area contributed by atoms with Crippen LogP contribution in [-0.4, -0.2) is 30.6 Å². The molecule has 0 saturated heterocycles. The third kappa shape index (κ3) is 7.82. The van der Waals surface area contributed by atoms with E-state index >= 15 is 0 Å². The largest absolute Gasteiger partial charge is 0.743 e. The molecule has 0 bridgehead atoms. The third-order valence-electron chi connectivity index (χ3n) is 4.57. The van der Waals surface area contributed by atoms with Gasteiger partial charge in [0.25, 0.3) is 0 Å². The Labute approximate surface area is 194 Å². The van der Waals surface area contributed by atoms with Gasteiger partial charge in [-0.25, -0.2) is 12.8 Å². The molecule has 3 aromatic carbocycles. The van der Waals surface area contributed by atoms with Crippen LogP contribution >= 0.6 is 7.92 Å². The Kier molecular flexibility index (Phi) is 9.28. The van der Waals surface area contributed by atoms with Gasteiger partial charge in [0.05, 0.1) is 14.3 Å². The van der Waals surface area contributed by atoms with Crippen LogP contribution in [0.1, 0.15) is 12.0 Å². The van der Waals surface area contributed by atoms with Crippen molar-refractivity contribution in [3.8, 4) is 0 Å². The molecule has 1 atom stereocenters. The molecular formula is C23H21F6O3PS. The van der Waals surface area contributed by atoms with Crippen LogP contribution in [0, 0.1) is 6.92 Å². The van der Waals surface area contributed by atoms with Crippen LogP contribution in [0.4, 0.5) is 26.3 Å². The number of benzene rings is 3. The van der Waals surface area contributed by atoms with E-state index in [0.29, 0.717) is 0 Å². The molecule has 0 heterocycles. The second kappa shape index (κ2) is 11.3. The van der Waals surface area contributed by atoms with E-state index in [2.05, 4.69) is 91.9 Å². The predicted molar refractivity (Wildman–Crippen MR) is 121 cm³/mol. The molecule has 1 unspecified atom stereocenters. The summed E-state index contributed by atoms with van der Waals surface area (Å²) in [6.45, 7) is 2.14. The first-order valence-electron chi connectivity index (χ1n) is 9.81. The standard InChI is InChI=1S/C19H17P.C4H4F6O3S/c1-16-12-14-19(15-13-16)20(17-8-4-2-5-9-17)18-10-6-3-7-11-18;5-2(1-3(6,7)8)4(9,10)14(11,12)13/h2-15H,1H3;2H,1H2,(H,11,12,13). The first kappa shape index (κ1) is 27.8. The van der Waals surface area contributed by atoms with Crippen LogP contribution in [0.25, 0.3) is 0 Å². The van der Waals surface area contributed by atoms with Gasteiger partial charge in [-0.3, -0.25) is 0 Å². The number of alkyl halides is 6. The molecule has 11 heteroatoms. The van der Waals surface area contributed by atoms with Crippen molar-refractivity contribution in [1.82, 2.24) is 0 Å². The summed E-state index contributed by atoms with van der Waals surface area (Å²) in [5.74, 6) is 0. The van der Waals surface area contributed by atoms with Gasteiger partial charge in [0.1, 0.15) is 15.9 Å². The summed E-state index contributed by atoms with van der Waals surface area (Å²) in [5, 5.41) is -1.25. The fourth-order valence-electron chi connectivity index (χ4n) is 2.91. The molecular weight excluding hydrogens is 501 g/mol. The summed E-state index contributed by atoms with van der Waals surface area (Å²) in [6.07, 6.45) is -12.1. The summed E-state index contributed by atoms with van der Waals surface area (Å²) in [7, 11) is -7.33. The van der Waals surface area contributed by atoms with Crippen molar-refractivity contribution in [2.24, 2.45) is 0 Å². The molecule has 3 rings (SSSR count). The summed E-state index contributed by atoms with van der Waals surface area (Å²) >= 11 is 0. The van der Waals surface area contributed by atoms with E-state index in [-0.39, 0.29) is 0 Å². The van der Waals surface area contributed by atoms with Gasteiger partial charge in [-0.2, -0.15) is 22.0 Å². The van der Waals surface area contributed by atoms with E-state index in [0.717, 1.165) is 0 Å². The van der Waals surface area contributed by atoms with E-state index in [1.165, 1.54) is 21.5 Å². The summed E-state index contributed by atoms with van der Waals surface area (Å²) in [6, 6.07) is 30.7. The molecule has 0 aromatic heterocycles. The second-order valence-corrected chi connectivity index (χ2v) is 11.2. The van der Waals surface area contributed by atoms with E-state index < -0.39 is 42.1 Å². The van der Waals surface area contributed by atoms with Crippen molar-refractivity contribution in [3.63, 3.8) is 0 Å². The molecule has 0 aliphatic carbocycles. The van der Waals surface area contributed by atoms with Gasteiger partial charge in [-0.1, -0.05) is 54.1 Å². The van der Waals surface area contributed by atoms with Crippen molar-refractivity contribution in [2.75, 3.05) is 0 Å². The Bertz CT molecular complexity index is 1100. The minimum absolute atomic E-state index is 0.894. The van der Waals surface area contributed by atoms with Gasteiger partial charge in [-0.05, 0) is 43.3 Å². The average Bonchev–Trinajstić information content (AvgIpc) is 2.75. The number of halogens is 6. The van der Waals surface area contributed by atoms with Crippen molar-refractivity contribution < 1.29 is 39.3 Å². The average molecular weight is 522 g/mol. The van der Waals surface area contributed by atoms with Gasteiger partial charge >= 0.3 is 11.4 Å². The zero-order valence-electron chi connectivity index (χ0n) is 17.8. The predicted octanol–water partition coefficient (Wildman–Crippen LogP) is 4.90. The maximum atomic E-state index is 12.1. The Morgan fingerprint density at radius 1 is 0.765 bits per heavy atom. The van der Waals surface area contributed by atoms with E-state index in [9.17, 15) is 39.3 Å². The topological polar surface area (TPSA) is 57.2 Å². The molecule has 0 N–H and O–H groups in total. The number of rotatable bonds is 6. The monoisotopic (exact) mass is 522 g/mol. The lowest BCUT2D eigenvalue weighted by molar-refractivity contribution is -0.163. The minimum atomic E-state index is -6.43. The van der Waals surface area contributed by atoms with E-state index in [1.807, 2.05) is 0 Å². The lowest BCUT2D eigenvalue weighted by atomic mass is 10.2. The summed E-state index contributed by atoms with van der Waals surface area (Å²) in [5.41, 5.74) is 1.32. The number of hydrogen-bond donors (Lipinski definition) is 0. The normalized spacial score (nSPS) is 13.2. The third-order valence-corrected chi connectivity index (χ3v) is 8.23. The Morgan fingerprint density at radius 2 is 1.15 bits per heavy atom. The fourth-order valence-corrected chi connectivity index (χ4v) is 5.86. The smallest absolute Gasteiger partial charge is 0.392 e. The minimum Gasteiger partial charge on any atom is -0.743 e. The maximum absolute atomic E-state index is 12.1. The molecule has 0 aliphatic rings. The van der Waals surface area contributed by atoms with Crippen LogP contribution in [0.5, 0.6) is 0 Å². The van der Waals surface area contributed by atoms with Gasteiger partial charge < -0.3 is 4.55 Å². The SMILES string of the molecule is Cc1ccc([PH+](c2ccccc2)c2ccccc2)cc1.O=S(=O)([O-])C(F)(F)C(F)CC(F)(F)F. The van der Waals surface area contributed by atoms with Crippen molar-refractivity contribution >= 4 is 34.0 Å². The summed E-state index contributed by atoms with van der Waals surface area (Å²) in [4.78, 5) is 0. The first-order valence-corrected chi connectivity index (χ1v) is 12.7. The molecule has 0 radical (unpaired) electrons. The van der Waals surface area contributed by atoms with Gasteiger partial charge in [0, 0.05) is 0 Å². The highest BCUT2D eigenvalue weighted by molar-refractivity contribution is 7.86. The van der Waals surface area contributed by atoms with Gasteiger partial charge in [0.15, 0.2) is 16.3 Å². The van der Waals surface area contributed by atoms with E-state index in [4.69, 9.17) is 0 Å². The van der Waals surface area contributed by atoms with Gasteiger partial charge in [-0.15, -0.1) is 0 Å². The molecule has 3 nitrogen and oxygen atoms in total. The molecule has 184 valence electrons. The quantitative estimate of drug-likeness (QED) is 0.263. The zero-order chi connectivity index (χ0) is 25.6. The molecule has 3 aromatic rings. The van der Waals surface area contributed by atoms with Crippen LogP contribution in [0.15, 0.2) is 84.9 Å². The molecule has 0 saturated carbocycles. The van der Waals surface area contributed by atoms with Crippen molar-refractivity contribution in [1.29, 1.82) is 0 Å². The highest BCUT2D eigenvalue weighted by Gasteiger charge is 2.51. The first-order chi connectivity index (χ1) is 15.7. The highest BCUT2D eigenvalue weighted by Crippen LogP contribution is 2.35. The van der Waals surface area contributed by atoms with Crippen LogP contribution in [0.2, 0.25) is 0 Å². The van der Waals surface area contributed by atoms with E-state index in [1.54, 1.807) is 0 Å². The molecule has 0 fully saturated rings. The maximum Gasteiger partial charge on any atom is 0.392 e.